The molecule has 0 spiro atoms. The number of carbonyl (C=O) groups is 2. The summed E-state index contributed by atoms with van der Waals surface area (Å²) < 4.78 is 0.974. The van der Waals surface area contributed by atoms with Crippen LogP contribution >= 0.6 is 15.9 Å². The predicted molar refractivity (Wildman–Crippen MR) is 156 cm³/mol. The molecule has 0 fully saturated rings. The summed E-state index contributed by atoms with van der Waals surface area (Å²) in [6.45, 7) is 13.9. The van der Waals surface area contributed by atoms with E-state index in [9.17, 15) is 9.59 Å². The minimum absolute atomic E-state index is 0.102. The minimum Gasteiger partial charge on any atom is -0.358 e. The van der Waals surface area contributed by atoms with Crippen molar-refractivity contribution in [3.8, 4) is 11.1 Å². The van der Waals surface area contributed by atoms with E-state index in [0.717, 1.165) is 50.3 Å². The van der Waals surface area contributed by atoms with Gasteiger partial charge in [0.1, 0.15) is 0 Å². The van der Waals surface area contributed by atoms with Gasteiger partial charge in [-0.05, 0) is 82.5 Å². The van der Waals surface area contributed by atoms with E-state index in [2.05, 4.69) is 64.1 Å². The first kappa shape index (κ1) is 26.9. The number of nitrogens with one attached hydrogen (secondary N) is 3. The fourth-order valence-electron chi connectivity index (χ4n) is 5.19. The standard InChI is InChI=1S/C30H35BrN4O2/c1-17(2)35(18(3)4)14-13-32-30(37)27-19(5)26(33-20(27)6)16-24-28-23(21-9-7-10-22(31)15-21)11-8-12-25(28)34-29(24)36/h7-12,15-18,33H,13-14H2,1-6H3,(H,32,37)(H,34,36). The van der Waals surface area contributed by atoms with E-state index in [1.165, 1.54) is 0 Å². The van der Waals surface area contributed by atoms with E-state index in [1.54, 1.807) is 0 Å². The lowest BCUT2D eigenvalue weighted by Gasteiger charge is -2.30. The molecule has 0 unspecified atom stereocenters. The fraction of sp³-hybridized carbons (Fsp3) is 0.333. The van der Waals surface area contributed by atoms with Gasteiger partial charge in [-0.2, -0.15) is 0 Å². The Morgan fingerprint density at radius 1 is 1.08 bits per heavy atom. The Hall–Kier alpha value is -3.16. The highest BCUT2D eigenvalue weighted by atomic mass is 79.9. The molecule has 1 aliphatic rings. The molecule has 0 saturated heterocycles. The van der Waals surface area contributed by atoms with Gasteiger partial charge in [0.2, 0.25) is 0 Å². The highest BCUT2D eigenvalue weighted by Gasteiger charge is 2.28. The zero-order valence-electron chi connectivity index (χ0n) is 22.3. The van der Waals surface area contributed by atoms with Crippen LogP contribution in [0.4, 0.5) is 5.69 Å². The average Bonchev–Trinajstić information content (AvgIpc) is 3.30. The van der Waals surface area contributed by atoms with Gasteiger partial charge < -0.3 is 15.6 Å². The molecule has 0 atom stereocenters. The van der Waals surface area contributed by atoms with Crippen molar-refractivity contribution in [3.63, 3.8) is 0 Å². The Bertz CT molecular complexity index is 1360. The minimum atomic E-state index is -0.155. The smallest absolute Gasteiger partial charge is 0.256 e. The van der Waals surface area contributed by atoms with Gasteiger partial charge in [0.05, 0.1) is 11.1 Å². The van der Waals surface area contributed by atoms with Crippen LogP contribution in [-0.4, -0.2) is 46.9 Å². The molecule has 3 aromatic rings. The van der Waals surface area contributed by atoms with E-state index in [1.807, 2.05) is 62.4 Å². The summed E-state index contributed by atoms with van der Waals surface area (Å²) in [6.07, 6.45) is 1.86. The highest BCUT2D eigenvalue weighted by Crippen LogP contribution is 2.41. The Morgan fingerprint density at radius 2 is 1.78 bits per heavy atom. The van der Waals surface area contributed by atoms with Crippen LogP contribution in [0.2, 0.25) is 0 Å². The van der Waals surface area contributed by atoms with E-state index < -0.39 is 0 Å². The number of H-pyrrole nitrogens is 1. The van der Waals surface area contributed by atoms with Gasteiger partial charge in [-0.1, -0.05) is 40.2 Å². The predicted octanol–water partition coefficient (Wildman–Crippen LogP) is 6.40. The van der Waals surface area contributed by atoms with Crippen LogP contribution in [0.25, 0.3) is 22.8 Å². The molecule has 1 aliphatic heterocycles. The summed E-state index contributed by atoms with van der Waals surface area (Å²) >= 11 is 3.55. The molecule has 7 heteroatoms. The number of hydrogen-bond donors (Lipinski definition) is 3. The number of fused-ring (bicyclic) bond motifs is 1. The molecule has 37 heavy (non-hydrogen) atoms. The zero-order valence-corrected chi connectivity index (χ0v) is 23.9. The molecule has 0 saturated carbocycles. The van der Waals surface area contributed by atoms with Crippen LogP contribution < -0.4 is 10.6 Å². The van der Waals surface area contributed by atoms with Crippen LogP contribution in [0.15, 0.2) is 46.9 Å². The molecule has 2 amide bonds. The van der Waals surface area contributed by atoms with Gasteiger partial charge in [-0.3, -0.25) is 14.5 Å². The van der Waals surface area contributed by atoms with Gasteiger partial charge in [0, 0.05) is 52.3 Å². The molecule has 4 rings (SSSR count). The molecule has 0 radical (unpaired) electrons. The van der Waals surface area contributed by atoms with Crippen molar-refractivity contribution >= 4 is 45.1 Å². The number of halogens is 1. The Morgan fingerprint density at radius 3 is 2.46 bits per heavy atom. The second-order valence-electron chi connectivity index (χ2n) is 10.1. The van der Waals surface area contributed by atoms with Crippen molar-refractivity contribution in [1.82, 2.24) is 15.2 Å². The molecule has 1 aromatic heterocycles. The lowest BCUT2D eigenvalue weighted by atomic mass is 9.94. The largest absolute Gasteiger partial charge is 0.358 e. The summed E-state index contributed by atoms with van der Waals surface area (Å²) in [5.74, 6) is -0.257. The molecule has 194 valence electrons. The van der Waals surface area contributed by atoms with Crippen molar-refractivity contribution in [1.29, 1.82) is 0 Å². The van der Waals surface area contributed by atoms with Crippen LogP contribution in [-0.2, 0) is 4.79 Å². The first-order valence-corrected chi connectivity index (χ1v) is 13.5. The molecule has 6 nitrogen and oxygen atoms in total. The number of nitrogens with zero attached hydrogens (tertiary/aromatic N) is 1. The molecule has 3 N–H and O–H groups in total. The number of amides is 2. The highest BCUT2D eigenvalue weighted by molar-refractivity contribution is 9.10. The van der Waals surface area contributed by atoms with Crippen LogP contribution in [0.1, 0.15) is 60.6 Å². The van der Waals surface area contributed by atoms with Crippen molar-refractivity contribution in [2.24, 2.45) is 0 Å². The van der Waals surface area contributed by atoms with Crippen LogP contribution in [0.5, 0.6) is 0 Å². The lowest BCUT2D eigenvalue weighted by molar-refractivity contribution is -0.110. The van der Waals surface area contributed by atoms with Crippen molar-refractivity contribution in [2.45, 2.75) is 53.6 Å². The quantitative estimate of drug-likeness (QED) is 0.278. The van der Waals surface area contributed by atoms with Gasteiger partial charge in [0.15, 0.2) is 0 Å². The SMILES string of the molecule is Cc1[nH]c(C=C2C(=O)Nc3cccc(-c4cccc(Br)c4)c32)c(C)c1C(=O)NCCN(C(C)C)C(C)C. The number of carbonyl (C=O) groups excluding carboxylic acids is 2. The molecule has 0 bridgehead atoms. The number of rotatable bonds is 8. The van der Waals surface area contributed by atoms with Gasteiger partial charge in [0.25, 0.3) is 11.8 Å². The number of aromatic amines is 1. The average molecular weight is 564 g/mol. The maximum Gasteiger partial charge on any atom is 0.256 e. The topological polar surface area (TPSA) is 77.2 Å². The second kappa shape index (κ2) is 11.1. The third-order valence-corrected chi connectivity index (χ3v) is 7.43. The van der Waals surface area contributed by atoms with Crippen LogP contribution in [0, 0.1) is 13.8 Å². The fourth-order valence-corrected chi connectivity index (χ4v) is 5.59. The maximum atomic E-state index is 13.1. The number of benzene rings is 2. The Balaban J connectivity index is 1.64. The monoisotopic (exact) mass is 562 g/mol. The zero-order chi connectivity index (χ0) is 26.9. The van der Waals surface area contributed by atoms with Crippen LogP contribution in [0.3, 0.4) is 0 Å². The molecule has 2 aromatic carbocycles. The van der Waals surface area contributed by atoms with Crippen molar-refractivity contribution in [2.75, 3.05) is 18.4 Å². The van der Waals surface area contributed by atoms with Gasteiger partial charge >= 0.3 is 0 Å². The molecule has 2 heterocycles. The van der Waals surface area contributed by atoms with E-state index in [4.69, 9.17) is 0 Å². The molecular formula is C30H35BrN4O2. The third kappa shape index (κ3) is 5.58. The lowest BCUT2D eigenvalue weighted by Crippen LogP contribution is -2.42. The molecule has 0 aliphatic carbocycles. The summed E-state index contributed by atoms with van der Waals surface area (Å²) in [7, 11) is 0. The van der Waals surface area contributed by atoms with E-state index >= 15 is 0 Å². The summed E-state index contributed by atoms with van der Waals surface area (Å²) in [5, 5.41) is 6.08. The van der Waals surface area contributed by atoms with Crippen molar-refractivity contribution < 1.29 is 9.59 Å². The number of anilines is 1. The van der Waals surface area contributed by atoms with E-state index in [-0.39, 0.29) is 11.8 Å². The van der Waals surface area contributed by atoms with Crippen molar-refractivity contribution in [3.05, 3.63) is 75.0 Å². The van der Waals surface area contributed by atoms with Gasteiger partial charge in [-0.15, -0.1) is 0 Å². The molecular weight excluding hydrogens is 528 g/mol. The third-order valence-electron chi connectivity index (χ3n) is 6.94. The summed E-state index contributed by atoms with van der Waals surface area (Å²) in [5.41, 5.74) is 7.22. The van der Waals surface area contributed by atoms with E-state index in [0.29, 0.717) is 29.8 Å². The number of hydrogen-bond acceptors (Lipinski definition) is 3. The normalized spacial score (nSPS) is 14.1. The summed E-state index contributed by atoms with van der Waals surface area (Å²) in [6, 6.07) is 14.8. The number of aromatic nitrogens is 1. The summed E-state index contributed by atoms with van der Waals surface area (Å²) in [4.78, 5) is 31.9. The second-order valence-corrected chi connectivity index (χ2v) is 11.0. The Kier molecular flexibility index (Phi) is 8.05. The maximum absolute atomic E-state index is 13.1. The Labute approximate surface area is 227 Å². The first-order chi connectivity index (χ1) is 17.6. The number of aryl methyl sites for hydroxylation is 1. The van der Waals surface area contributed by atoms with Gasteiger partial charge in [-0.25, -0.2) is 0 Å². The first-order valence-electron chi connectivity index (χ1n) is 12.7.